The van der Waals surface area contributed by atoms with Crippen LogP contribution in [0, 0.1) is 61.2 Å². The number of aromatic amines is 2. The van der Waals surface area contributed by atoms with Crippen molar-refractivity contribution < 1.29 is 29.0 Å². The second kappa shape index (κ2) is 22.0. The first-order valence-electron chi connectivity index (χ1n) is 25.2. The van der Waals surface area contributed by atoms with Crippen molar-refractivity contribution in [3.63, 3.8) is 0 Å². The monoisotopic (exact) mass is 895 g/mol. The smallest absolute Gasteiger partial charge is 0.320 e. The van der Waals surface area contributed by atoms with E-state index in [2.05, 4.69) is 94.2 Å². The maximum Gasteiger partial charge on any atom is 0.320 e. The van der Waals surface area contributed by atoms with Crippen LogP contribution < -0.4 is 31.9 Å². The minimum Gasteiger partial charge on any atom is -0.510 e. The second-order valence-electron chi connectivity index (χ2n) is 21.0. The summed E-state index contributed by atoms with van der Waals surface area (Å²) >= 11 is 0. The van der Waals surface area contributed by atoms with Crippen molar-refractivity contribution in [3.05, 3.63) is 61.0 Å². The molecule has 5 N–H and O–H groups in total. The van der Waals surface area contributed by atoms with Gasteiger partial charge in [0.25, 0.3) is 0 Å². The number of esters is 2. The molecule has 10 atom stereocenters. The summed E-state index contributed by atoms with van der Waals surface area (Å²) in [6.07, 6.45) is 21.5. The number of ether oxygens (including phenoxy) is 2. The lowest BCUT2D eigenvalue weighted by molar-refractivity contribution is -0.143. The van der Waals surface area contributed by atoms with Crippen LogP contribution in [-0.4, -0.2) is 64.6 Å². The largest absolute Gasteiger partial charge is 0.510 e. The van der Waals surface area contributed by atoms with Crippen molar-refractivity contribution in [2.24, 2.45) is 47.3 Å². The molecule has 0 saturated carbocycles. The number of carbonyl (C=O) groups is 3. The molecule has 2 saturated heterocycles. The van der Waals surface area contributed by atoms with Crippen molar-refractivity contribution in [1.82, 2.24) is 20.6 Å². The fraction of sp³-hybridized carbons (Fsp3) is 0.655. The number of aliphatic hydroxyl groups is 1. The molecule has 10 nitrogen and oxygen atoms in total. The molecule has 3 aliphatic heterocycles. The highest BCUT2D eigenvalue weighted by Gasteiger charge is 2.48. The SMILES string of the molecule is CC[C@H]1/C2=C/c3[nH]c4c(c3C)=C(O)[C@H](C(=O)OC)C=4C3N[C@H](/C=c4\[nH]/c(c(C(C)=O)c4C)=C\[C@H](N2)[C@@H]1C)[C@@H](C)[C@@H]3CCC(=O)OC/C=C(\C)CCC[C@H](C)CCC[C@H](C)CCCC(C)C. The number of ketones is 1. The molecule has 5 heterocycles. The van der Waals surface area contributed by atoms with Gasteiger partial charge >= 0.3 is 11.9 Å². The predicted octanol–water partition coefficient (Wildman–Crippen LogP) is 8.33. The molecule has 0 amide bonds. The third kappa shape index (κ3) is 11.3. The summed E-state index contributed by atoms with van der Waals surface area (Å²) < 4.78 is 11.2. The van der Waals surface area contributed by atoms with Gasteiger partial charge in [-0.05, 0) is 130 Å². The van der Waals surface area contributed by atoms with Crippen molar-refractivity contribution >= 4 is 47.3 Å². The first-order valence-corrected chi connectivity index (χ1v) is 25.2. The number of nitrogens with one attached hydrogen (secondary N) is 4. The molecule has 2 aromatic rings. The average Bonchev–Trinajstić information content (AvgIpc) is 4.00. The van der Waals surface area contributed by atoms with Gasteiger partial charge < -0.3 is 35.2 Å². The van der Waals surface area contributed by atoms with Gasteiger partial charge in [-0.15, -0.1) is 0 Å². The molecule has 4 aliphatic rings. The number of rotatable bonds is 20. The van der Waals surface area contributed by atoms with Crippen LogP contribution in [0.15, 0.2) is 17.3 Å². The van der Waals surface area contributed by atoms with Crippen LogP contribution in [0.2, 0.25) is 0 Å². The molecule has 0 aromatic carbocycles. The highest BCUT2D eigenvalue weighted by atomic mass is 16.5. The van der Waals surface area contributed by atoms with Gasteiger partial charge in [-0.3, -0.25) is 14.4 Å². The summed E-state index contributed by atoms with van der Waals surface area (Å²) in [5.41, 5.74) is 6.37. The standard InChI is InChI=1S/C55H82N4O6/c1-13-39-34(7)41-29-46-48(38(11)60)36(9)43(57-46)27-42-35(8)40(52(58-42)50-51(55(63)64-12)54(62)49-37(10)44(59-53(49)50)28-45(39)56-41)23-24-47(61)65-26-25-33(6)22-16-21-32(5)20-15-19-31(4)18-14-17-30(2)3/h25,27-32,34-35,39-42,51-52,56-59,62H,13-24,26H2,1-12H3/b33-25+,43-27-,45-28-,46-29-/t31-,32-,34-,35+,39-,40+,41+,42-,51-,52?/m1/s1. The van der Waals surface area contributed by atoms with Crippen LogP contribution in [0.3, 0.4) is 0 Å². The van der Waals surface area contributed by atoms with Gasteiger partial charge in [0.15, 0.2) is 5.78 Å². The van der Waals surface area contributed by atoms with Gasteiger partial charge in [-0.2, -0.15) is 0 Å². The number of hydrogen-bond donors (Lipinski definition) is 5. The van der Waals surface area contributed by atoms with Gasteiger partial charge in [-0.25, -0.2) is 0 Å². The topological polar surface area (TPSA) is 146 Å². The van der Waals surface area contributed by atoms with Crippen LogP contribution in [0.25, 0.3) is 29.6 Å². The summed E-state index contributed by atoms with van der Waals surface area (Å²) in [6, 6.07) is -0.604. The van der Waals surface area contributed by atoms with Crippen molar-refractivity contribution in [1.29, 1.82) is 0 Å². The van der Waals surface area contributed by atoms with Gasteiger partial charge in [0.05, 0.1) is 12.5 Å². The Hall–Kier alpha value is -4.31. The van der Waals surface area contributed by atoms with E-state index in [4.69, 9.17) is 9.47 Å². The number of fused-ring (bicyclic) bond motifs is 8. The van der Waals surface area contributed by atoms with Gasteiger partial charge in [0.1, 0.15) is 18.3 Å². The molecule has 0 spiro atoms. The van der Waals surface area contributed by atoms with Crippen molar-refractivity contribution in [2.45, 2.75) is 171 Å². The molecule has 1 unspecified atom stereocenters. The molecule has 6 rings (SSSR count). The maximum atomic E-state index is 13.7. The van der Waals surface area contributed by atoms with Crippen LogP contribution in [0.4, 0.5) is 0 Å². The highest BCUT2D eigenvalue weighted by Crippen LogP contribution is 2.41. The quantitative estimate of drug-likeness (QED) is 0.0507. The summed E-state index contributed by atoms with van der Waals surface area (Å²) in [4.78, 5) is 47.7. The van der Waals surface area contributed by atoms with E-state index in [0.717, 1.165) is 81.2 Å². The zero-order chi connectivity index (χ0) is 47.3. The molecule has 0 radical (unpaired) electrons. The average molecular weight is 895 g/mol. The Balaban J connectivity index is 1.21. The molecule has 8 bridgehead atoms. The Bertz CT molecular complexity index is 2360. The molecule has 10 heteroatoms. The van der Waals surface area contributed by atoms with E-state index in [1.165, 1.54) is 57.6 Å². The van der Waals surface area contributed by atoms with Gasteiger partial charge in [0.2, 0.25) is 0 Å². The third-order valence-corrected chi connectivity index (χ3v) is 15.8. The van der Waals surface area contributed by atoms with E-state index >= 15 is 0 Å². The van der Waals surface area contributed by atoms with Crippen LogP contribution >= 0.6 is 0 Å². The second-order valence-corrected chi connectivity index (χ2v) is 21.0. The van der Waals surface area contributed by atoms with E-state index in [0.29, 0.717) is 17.2 Å². The maximum absolute atomic E-state index is 13.7. The van der Waals surface area contributed by atoms with Crippen molar-refractivity contribution in [2.75, 3.05) is 13.7 Å². The molecule has 2 fully saturated rings. The number of methoxy groups -OCH3 is 1. The first kappa shape index (κ1) is 50.1. The lowest BCUT2D eigenvalue weighted by Gasteiger charge is -2.26. The first-order chi connectivity index (χ1) is 30.9. The third-order valence-electron chi connectivity index (χ3n) is 15.8. The number of H-pyrrole nitrogens is 2. The molecule has 1 aliphatic carbocycles. The molecular formula is C55H82N4O6. The van der Waals surface area contributed by atoms with Gasteiger partial charge in [-0.1, -0.05) is 99.0 Å². The van der Waals surface area contributed by atoms with Crippen LogP contribution in [-0.2, 0) is 19.1 Å². The zero-order valence-electron chi connectivity index (χ0n) is 41.8. The fourth-order valence-electron chi connectivity index (χ4n) is 11.7. The summed E-state index contributed by atoms with van der Waals surface area (Å²) in [5.74, 6) is 0.920. The molecule has 358 valence electrons. The van der Waals surface area contributed by atoms with E-state index in [1.54, 1.807) is 6.92 Å². The number of aliphatic hydroxyl groups excluding tert-OH is 1. The normalized spacial score (nSPS) is 27.6. The zero-order valence-corrected chi connectivity index (χ0v) is 41.8. The Morgan fingerprint density at radius 3 is 2.15 bits per heavy atom. The minimum atomic E-state index is -1.00. The molecular weight excluding hydrogens is 813 g/mol. The number of Topliss-reactive ketones (excluding diaryl/α,β-unsaturated/α-hetero) is 1. The molecule has 2 aromatic heterocycles. The van der Waals surface area contributed by atoms with E-state index < -0.39 is 17.9 Å². The Labute approximate surface area is 389 Å². The predicted molar refractivity (Wildman–Crippen MR) is 263 cm³/mol. The van der Waals surface area contributed by atoms with Gasteiger partial charge in [0, 0.05) is 63.3 Å². The lowest BCUT2D eigenvalue weighted by atomic mass is 9.79. The number of allylic oxidation sites excluding steroid dienone is 2. The Morgan fingerprint density at radius 1 is 0.846 bits per heavy atom. The number of hydrogen-bond acceptors (Lipinski definition) is 8. The highest BCUT2D eigenvalue weighted by molar-refractivity contribution is 5.96. The minimum absolute atomic E-state index is 0.000287. The summed E-state index contributed by atoms with van der Waals surface area (Å²) in [6.45, 7) is 24.0. The van der Waals surface area contributed by atoms with Crippen LogP contribution in [0.5, 0.6) is 0 Å². The Kier molecular flexibility index (Phi) is 17.0. The lowest BCUT2D eigenvalue weighted by Crippen LogP contribution is -2.39. The van der Waals surface area contributed by atoms with Crippen LogP contribution in [0.1, 0.15) is 167 Å². The van der Waals surface area contributed by atoms with Crippen molar-refractivity contribution in [3.8, 4) is 0 Å². The Morgan fingerprint density at radius 2 is 1.51 bits per heavy atom. The fourth-order valence-corrected chi connectivity index (χ4v) is 11.7. The van der Waals surface area contributed by atoms with E-state index in [9.17, 15) is 19.5 Å². The number of aromatic nitrogens is 2. The van der Waals surface area contributed by atoms with E-state index in [1.807, 2.05) is 19.9 Å². The number of carbonyl (C=O) groups excluding carboxylic acids is 3. The molecule has 65 heavy (non-hydrogen) atoms. The summed E-state index contributed by atoms with van der Waals surface area (Å²) in [5, 5.41) is 22.7. The van der Waals surface area contributed by atoms with E-state index in [-0.39, 0.29) is 66.3 Å². The summed E-state index contributed by atoms with van der Waals surface area (Å²) in [7, 11) is 1.36.